The van der Waals surface area contributed by atoms with E-state index >= 15 is 0 Å². The first-order chi connectivity index (χ1) is 22.1. The first-order valence-electron chi connectivity index (χ1n) is 15.5. The second-order valence-electron chi connectivity index (χ2n) is 11.5. The Bertz CT molecular complexity index is 1870. The van der Waals surface area contributed by atoms with Crippen LogP contribution in [0.15, 0.2) is 87.4 Å². The Labute approximate surface area is 270 Å². The van der Waals surface area contributed by atoms with Crippen LogP contribution in [0.5, 0.6) is 0 Å². The van der Waals surface area contributed by atoms with E-state index < -0.39 is 0 Å². The summed E-state index contributed by atoms with van der Waals surface area (Å²) in [7, 11) is 0. The molecule has 10 heteroatoms. The standard InChI is InChI=1S/C35H35N5O3S2/c41-33(39-20-18-38(19-21-39)17-9-14-25-10-3-1-4-11-25)28-23-43-30(36-28)24-44-35-37-32-31(27-15-7-8-16-29(27)45-32)34(42)40(35)22-26-12-5-2-6-13-26/h1-6,9-14,23H,7-8,15-22,24H2/b14-9+. The third kappa shape index (κ3) is 6.68. The zero-order valence-electron chi connectivity index (χ0n) is 25.1. The Kier molecular flexibility index (Phi) is 8.95. The highest BCUT2D eigenvalue weighted by Crippen LogP contribution is 2.35. The largest absolute Gasteiger partial charge is 0.447 e. The van der Waals surface area contributed by atoms with Crippen molar-refractivity contribution in [1.82, 2.24) is 24.3 Å². The number of thiophene rings is 1. The number of carbonyl (C=O) groups excluding carboxylic acids is 1. The second-order valence-corrected chi connectivity index (χ2v) is 13.5. The maximum Gasteiger partial charge on any atom is 0.275 e. The molecule has 3 aromatic heterocycles. The van der Waals surface area contributed by atoms with Crippen LogP contribution in [-0.4, -0.2) is 63.0 Å². The molecule has 1 aliphatic heterocycles. The van der Waals surface area contributed by atoms with E-state index in [0.29, 0.717) is 42.1 Å². The molecule has 5 aromatic rings. The van der Waals surface area contributed by atoms with E-state index in [2.05, 4.69) is 34.2 Å². The number of aryl methyl sites for hydroxylation is 2. The van der Waals surface area contributed by atoms with E-state index in [9.17, 15) is 9.59 Å². The summed E-state index contributed by atoms with van der Waals surface area (Å²) >= 11 is 3.08. The van der Waals surface area contributed by atoms with E-state index in [1.807, 2.05) is 53.4 Å². The normalized spacial score (nSPS) is 15.6. The van der Waals surface area contributed by atoms with Crippen LogP contribution in [0.4, 0.5) is 0 Å². The molecule has 8 nitrogen and oxygen atoms in total. The molecule has 0 bridgehead atoms. The van der Waals surface area contributed by atoms with Crippen LogP contribution >= 0.6 is 23.1 Å². The van der Waals surface area contributed by atoms with Crippen LogP contribution < -0.4 is 5.56 Å². The number of fused-ring (bicyclic) bond motifs is 3. The average Bonchev–Trinajstić information content (AvgIpc) is 3.71. The molecule has 230 valence electrons. The molecule has 0 N–H and O–H groups in total. The van der Waals surface area contributed by atoms with Crippen molar-refractivity contribution in [2.75, 3.05) is 32.7 Å². The smallest absolute Gasteiger partial charge is 0.275 e. The molecule has 0 spiro atoms. The summed E-state index contributed by atoms with van der Waals surface area (Å²) in [5, 5.41) is 1.42. The summed E-state index contributed by atoms with van der Waals surface area (Å²) in [6.07, 6.45) is 9.99. The van der Waals surface area contributed by atoms with Gasteiger partial charge in [0.15, 0.2) is 10.9 Å². The minimum Gasteiger partial charge on any atom is -0.447 e. The Morgan fingerprint density at radius 1 is 0.956 bits per heavy atom. The van der Waals surface area contributed by atoms with Crippen LogP contribution in [0.1, 0.15) is 50.8 Å². The predicted octanol–water partition coefficient (Wildman–Crippen LogP) is 6.14. The van der Waals surface area contributed by atoms with Crippen molar-refractivity contribution in [3.63, 3.8) is 0 Å². The lowest BCUT2D eigenvalue weighted by Crippen LogP contribution is -2.48. The maximum absolute atomic E-state index is 13.9. The highest BCUT2D eigenvalue weighted by atomic mass is 32.2. The zero-order chi connectivity index (χ0) is 30.6. The van der Waals surface area contributed by atoms with Crippen LogP contribution in [-0.2, 0) is 25.1 Å². The van der Waals surface area contributed by atoms with E-state index in [1.54, 1.807) is 15.9 Å². The molecule has 1 fully saturated rings. The van der Waals surface area contributed by atoms with Crippen LogP contribution in [0, 0.1) is 0 Å². The van der Waals surface area contributed by atoms with Gasteiger partial charge in [0, 0.05) is 37.6 Å². The molecule has 0 unspecified atom stereocenters. The summed E-state index contributed by atoms with van der Waals surface area (Å²) in [6.45, 7) is 4.21. The quantitative estimate of drug-likeness (QED) is 0.142. The number of hydrogen-bond donors (Lipinski definition) is 0. The topological polar surface area (TPSA) is 84.5 Å². The van der Waals surface area contributed by atoms with Gasteiger partial charge in [-0.2, -0.15) is 0 Å². The Balaban J connectivity index is 1.02. The second kappa shape index (κ2) is 13.6. The number of nitrogens with zero attached hydrogens (tertiary/aromatic N) is 5. The highest BCUT2D eigenvalue weighted by molar-refractivity contribution is 7.98. The molecule has 0 radical (unpaired) electrons. The van der Waals surface area contributed by atoms with Crippen LogP contribution in [0.25, 0.3) is 16.3 Å². The summed E-state index contributed by atoms with van der Waals surface area (Å²) in [5.74, 6) is 0.699. The molecule has 7 rings (SSSR count). The van der Waals surface area contributed by atoms with Crippen molar-refractivity contribution in [2.45, 2.75) is 43.1 Å². The fourth-order valence-electron chi connectivity index (χ4n) is 6.03. The number of amides is 1. The van der Waals surface area contributed by atoms with Gasteiger partial charge < -0.3 is 9.32 Å². The maximum atomic E-state index is 13.9. The highest BCUT2D eigenvalue weighted by Gasteiger charge is 2.25. The van der Waals surface area contributed by atoms with Crippen molar-refractivity contribution < 1.29 is 9.21 Å². The third-order valence-electron chi connectivity index (χ3n) is 8.45. The Morgan fingerprint density at radius 2 is 1.71 bits per heavy atom. The minimum atomic E-state index is -0.112. The Morgan fingerprint density at radius 3 is 2.51 bits per heavy atom. The summed E-state index contributed by atoms with van der Waals surface area (Å²) in [6, 6.07) is 20.3. The van der Waals surface area contributed by atoms with Crippen molar-refractivity contribution in [3.8, 4) is 0 Å². The van der Waals surface area contributed by atoms with Gasteiger partial charge in [-0.3, -0.25) is 19.1 Å². The number of aromatic nitrogens is 3. The number of piperazine rings is 1. The van der Waals surface area contributed by atoms with Gasteiger partial charge in [0.05, 0.1) is 17.7 Å². The number of oxazole rings is 1. The van der Waals surface area contributed by atoms with Gasteiger partial charge in [0.1, 0.15) is 11.1 Å². The van der Waals surface area contributed by atoms with Crippen LogP contribution in [0.3, 0.4) is 0 Å². The zero-order valence-corrected chi connectivity index (χ0v) is 26.7. The average molecular weight is 638 g/mol. The third-order valence-corrected chi connectivity index (χ3v) is 10.6. The van der Waals surface area contributed by atoms with E-state index in [4.69, 9.17) is 9.40 Å². The monoisotopic (exact) mass is 637 g/mol. The first kappa shape index (κ1) is 29.7. The predicted molar refractivity (Wildman–Crippen MR) is 180 cm³/mol. The molecule has 1 amide bonds. The fraction of sp³-hybridized carbons (Fsp3) is 0.314. The van der Waals surface area contributed by atoms with Gasteiger partial charge in [-0.15, -0.1) is 11.3 Å². The number of carbonyl (C=O) groups is 1. The molecule has 2 aromatic carbocycles. The van der Waals surface area contributed by atoms with E-state index in [0.717, 1.165) is 61.1 Å². The van der Waals surface area contributed by atoms with Gasteiger partial charge in [0.25, 0.3) is 11.5 Å². The minimum absolute atomic E-state index is 0.0173. The van der Waals surface area contributed by atoms with Crippen molar-refractivity contribution in [1.29, 1.82) is 0 Å². The van der Waals surface area contributed by atoms with E-state index in [1.165, 1.54) is 34.0 Å². The van der Waals surface area contributed by atoms with Gasteiger partial charge in [0.2, 0.25) is 5.89 Å². The van der Waals surface area contributed by atoms with Crippen molar-refractivity contribution in [2.24, 2.45) is 0 Å². The van der Waals surface area contributed by atoms with E-state index in [-0.39, 0.29) is 11.5 Å². The molecule has 4 heterocycles. The van der Waals surface area contributed by atoms with Crippen molar-refractivity contribution in [3.05, 3.63) is 117 Å². The number of hydrogen-bond acceptors (Lipinski definition) is 8. The van der Waals surface area contributed by atoms with Crippen molar-refractivity contribution >= 4 is 45.3 Å². The molecular formula is C35H35N5O3S2. The number of rotatable bonds is 9. The van der Waals surface area contributed by atoms with Gasteiger partial charge in [-0.05, 0) is 42.4 Å². The van der Waals surface area contributed by atoms with Gasteiger partial charge >= 0.3 is 0 Å². The van der Waals surface area contributed by atoms with Gasteiger partial charge in [-0.25, -0.2) is 9.97 Å². The molecule has 1 saturated heterocycles. The molecule has 0 saturated carbocycles. The summed E-state index contributed by atoms with van der Waals surface area (Å²) in [4.78, 5) is 43.0. The van der Waals surface area contributed by atoms with Crippen LogP contribution in [0.2, 0.25) is 0 Å². The number of benzene rings is 2. The van der Waals surface area contributed by atoms with Gasteiger partial charge in [-0.1, -0.05) is 84.6 Å². The number of thioether (sulfide) groups is 1. The summed E-state index contributed by atoms with van der Waals surface area (Å²) < 4.78 is 7.53. The first-order valence-corrected chi connectivity index (χ1v) is 17.3. The lowest BCUT2D eigenvalue weighted by molar-refractivity contribution is 0.0644. The molecule has 45 heavy (non-hydrogen) atoms. The lowest BCUT2D eigenvalue weighted by atomic mass is 9.97. The molecule has 2 aliphatic rings. The summed E-state index contributed by atoms with van der Waals surface area (Å²) in [5.41, 5.74) is 3.76. The molecular weight excluding hydrogens is 603 g/mol. The molecule has 0 atom stereocenters. The SMILES string of the molecule is O=C(c1coc(CSc2nc3sc4c(c3c(=O)n2Cc2ccccc2)CCCC4)n1)N1CCN(C/C=C/c2ccccc2)CC1. The Hall–Kier alpha value is -3.99. The lowest BCUT2D eigenvalue weighted by Gasteiger charge is -2.33. The molecule has 1 aliphatic carbocycles. The fourth-order valence-corrected chi connectivity index (χ4v) is 8.19.